The summed E-state index contributed by atoms with van der Waals surface area (Å²) in [6.07, 6.45) is 9.39. The Morgan fingerprint density at radius 2 is 1.81 bits per heavy atom. The zero-order valence-electron chi connectivity index (χ0n) is 24.1. The van der Waals surface area contributed by atoms with Crippen molar-refractivity contribution in [3.63, 3.8) is 0 Å². The van der Waals surface area contributed by atoms with Crippen molar-refractivity contribution >= 4 is 22.8 Å². The Morgan fingerprint density at radius 1 is 1.02 bits per heavy atom. The second-order valence-electron chi connectivity index (χ2n) is 9.84. The molecule has 2 aromatic carbocycles. The number of nitrogen functional groups attached to an aromatic ring is 1. The van der Waals surface area contributed by atoms with Crippen molar-refractivity contribution in [2.75, 3.05) is 17.6 Å². The number of anilines is 2. The van der Waals surface area contributed by atoms with Gasteiger partial charge >= 0.3 is 0 Å². The molecular formula is C36H36FN5. The van der Waals surface area contributed by atoms with Gasteiger partial charge in [0, 0.05) is 47.9 Å². The minimum absolute atomic E-state index is 0.294. The summed E-state index contributed by atoms with van der Waals surface area (Å²) in [5.41, 5.74) is 14.7. The van der Waals surface area contributed by atoms with Crippen LogP contribution in [0.4, 0.5) is 16.0 Å². The van der Waals surface area contributed by atoms with Crippen LogP contribution in [0.5, 0.6) is 0 Å². The Labute approximate surface area is 247 Å². The van der Waals surface area contributed by atoms with E-state index in [2.05, 4.69) is 58.5 Å². The van der Waals surface area contributed by atoms with Crippen molar-refractivity contribution in [1.82, 2.24) is 15.3 Å². The average molecular weight is 558 g/mol. The van der Waals surface area contributed by atoms with Gasteiger partial charge < -0.3 is 16.4 Å². The molecule has 0 fully saturated rings. The number of allylic oxidation sites excluding steroid dienone is 4. The van der Waals surface area contributed by atoms with Crippen LogP contribution in [0.1, 0.15) is 29.2 Å². The quantitative estimate of drug-likeness (QED) is 0.153. The molecule has 4 rings (SSSR count). The standard InChI is InChI=1S/C36H36FN5/c1-6-27(21-39-22-28-12-9-8-10-13-28)18-29(7-2)31-20-34(35(38)41-23-31)24(3)26(5)42-36-25(4)33(16-17-40-36)30-14-11-15-32(37)19-30/h6-20,23,39H,1,3,5,21-22H2,2,4H3,(H2,38,41)(H,40,42)/b27-18+,29-7+. The third-order valence-electron chi connectivity index (χ3n) is 6.97. The average Bonchev–Trinajstić information content (AvgIpc) is 3.00. The van der Waals surface area contributed by atoms with Crippen LogP contribution in [0.15, 0.2) is 128 Å². The number of hydrogen-bond donors (Lipinski definition) is 3. The van der Waals surface area contributed by atoms with Gasteiger partial charge in [0.25, 0.3) is 0 Å². The van der Waals surface area contributed by atoms with Crippen molar-refractivity contribution in [3.8, 4) is 11.1 Å². The normalized spacial score (nSPS) is 11.7. The summed E-state index contributed by atoms with van der Waals surface area (Å²) in [4.78, 5) is 8.94. The number of nitrogens with two attached hydrogens (primary N) is 1. The van der Waals surface area contributed by atoms with Crippen LogP contribution in [0.3, 0.4) is 0 Å². The number of pyridine rings is 2. The number of rotatable bonds is 12. The molecule has 0 aliphatic rings. The summed E-state index contributed by atoms with van der Waals surface area (Å²) in [7, 11) is 0. The molecule has 0 saturated heterocycles. The first-order valence-corrected chi connectivity index (χ1v) is 13.7. The van der Waals surface area contributed by atoms with E-state index in [1.165, 1.54) is 17.7 Å². The van der Waals surface area contributed by atoms with Gasteiger partial charge in [-0.15, -0.1) is 0 Å². The van der Waals surface area contributed by atoms with Gasteiger partial charge in [0.2, 0.25) is 0 Å². The molecule has 5 nitrogen and oxygen atoms in total. The molecule has 4 aromatic rings. The van der Waals surface area contributed by atoms with Crippen molar-refractivity contribution in [2.45, 2.75) is 20.4 Å². The van der Waals surface area contributed by atoms with Crippen LogP contribution in [-0.2, 0) is 6.54 Å². The van der Waals surface area contributed by atoms with Crippen LogP contribution in [-0.4, -0.2) is 16.5 Å². The lowest BCUT2D eigenvalue weighted by Gasteiger charge is -2.17. The van der Waals surface area contributed by atoms with E-state index in [0.29, 0.717) is 35.0 Å². The Hall–Kier alpha value is -5.07. The van der Waals surface area contributed by atoms with Gasteiger partial charge in [0.1, 0.15) is 17.5 Å². The first-order chi connectivity index (χ1) is 20.3. The molecule has 0 aliphatic heterocycles. The smallest absolute Gasteiger partial charge is 0.133 e. The van der Waals surface area contributed by atoms with Crippen molar-refractivity contribution in [3.05, 3.63) is 156 Å². The molecule has 0 unspecified atom stereocenters. The van der Waals surface area contributed by atoms with E-state index in [9.17, 15) is 4.39 Å². The second kappa shape index (κ2) is 14.0. The molecule has 0 spiro atoms. The van der Waals surface area contributed by atoms with Crippen molar-refractivity contribution < 1.29 is 4.39 Å². The van der Waals surface area contributed by atoms with Gasteiger partial charge in [-0.05, 0) is 71.5 Å². The number of aromatic nitrogens is 2. The monoisotopic (exact) mass is 557 g/mol. The maximum atomic E-state index is 13.9. The zero-order valence-corrected chi connectivity index (χ0v) is 24.1. The lowest BCUT2D eigenvalue weighted by molar-refractivity contribution is 0.628. The molecule has 0 aliphatic carbocycles. The number of benzene rings is 2. The van der Waals surface area contributed by atoms with Gasteiger partial charge in [-0.25, -0.2) is 14.4 Å². The number of nitrogens with zero attached hydrogens (tertiary/aromatic N) is 2. The third kappa shape index (κ3) is 7.36. The molecule has 2 aromatic heterocycles. The predicted octanol–water partition coefficient (Wildman–Crippen LogP) is 8.12. The summed E-state index contributed by atoms with van der Waals surface area (Å²) in [5, 5.41) is 6.74. The van der Waals surface area contributed by atoms with E-state index in [4.69, 9.17) is 5.73 Å². The minimum atomic E-state index is -0.294. The highest BCUT2D eigenvalue weighted by Gasteiger charge is 2.14. The highest BCUT2D eigenvalue weighted by molar-refractivity contribution is 5.87. The lowest BCUT2D eigenvalue weighted by atomic mass is 9.98. The molecule has 0 atom stereocenters. The fraction of sp³-hybridized carbons (Fsp3) is 0.111. The SMILES string of the molecule is C=C/C(=C\C(=C/C)c1cnc(N)c(C(=C)C(=C)Nc2nccc(-c3cccc(F)c3)c2C)c1)CNCc1ccccc1. The van der Waals surface area contributed by atoms with Crippen LogP contribution < -0.4 is 16.4 Å². The van der Waals surface area contributed by atoms with Crippen molar-refractivity contribution in [1.29, 1.82) is 0 Å². The molecule has 6 heteroatoms. The Balaban J connectivity index is 1.51. The van der Waals surface area contributed by atoms with Crippen LogP contribution in [0.25, 0.3) is 22.3 Å². The Kier molecular flexibility index (Phi) is 9.98. The summed E-state index contributed by atoms with van der Waals surface area (Å²) in [6, 6.07) is 20.6. The fourth-order valence-corrected chi connectivity index (χ4v) is 4.55. The Bertz CT molecular complexity index is 1670. The van der Waals surface area contributed by atoms with E-state index in [-0.39, 0.29) is 5.82 Å². The van der Waals surface area contributed by atoms with E-state index >= 15 is 0 Å². The molecule has 0 amide bonds. The van der Waals surface area contributed by atoms with Crippen LogP contribution in [0.2, 0.25) is 0 Å². The molecule has 0 saturated carbocycles. The highest BCUT2D eigenvalue weighted by Crippen LogP contribution is 2.32. The molecule has 212 valence electrons. The van der Waals surface area contributed by atoms with E-state index in [0.717, 1.165) is 39.9 Å². The Morgan fingerprint density at radius 3 is 2.52 bits per heavy atom. The minimum Gasteiger partial charge on any atom is -0.383 e. The first-order valence-electron chi connectivity index (χ1n) is 13.7. The number of halogens is 1. The van der Waals surface area contributed by atoms with Crippen LogP contribution in [0, 0.1) is 12.7 Å². The van der Waals surface area contributed by atoms with E-state index in [1.54, 1.807) is 18.5 Å². The maximum Gasteiger partial charge on any atom is 0.133 e. The molecule has 0 radical (unpaired) electrons. The summed E-state index contributed by atoms with van der Waals surface area (Å²) in [6.45, 7) is 17.8. The zero-order chi connectivity index (χ0) is 30.1. The van der Waals surface area contributed by atoms with Gasteiger partial charge in [-0.1, -0.05) is 80.4 Å². The largest absolute Gasteiger partial charge is 0.383 e. The third-order valence-corrected chi connectivity index (χ3v) is 6.97. The first kappa shape index (κ1) is 29.9. The predicted molar refractivity (Wildman–Crippen MR) is 175 cm³/mol. The van der Waals surface area contributed by atoms with E-state index < -0.39 is 0 Å². The molecular weight excluding hydrogens is 521 g/mol. The number of nitrogens with one attached hydrogen (secondary N) is 2. The van der Waals surface area contributed by atoms with Gasteiger partial charge in [0.05, 0.1) is 0 Å². The van der Waals surface area contributed by atoms with Crippen LogP contribution >= 0.6 is 0 Å². The summed E-state index contributed by atoms with van der Waals surface area (Å²) in [5.74, 6) is 0.650. The van der Waals surface area contributed by atoms with Gasteiger partial charge in [0.15, 0.2) is 0 Å². The van der Waals surface area contributed by atoms with Crippen molar-refractivity contribution in [2.24, 2.45) is 0 Å². The molecule has 0 bridgehead atoms. The summed E-state index contributed by atoms with van der Waals surface area (Å²) < 4.78 is 13.9. The molecule has 2 heterocycles. The topological polar surface area (TPSA) is 75.9 Å². The molecule has 42 heavy (non-hydrogen) atoms. The highest BCUT2D eigenvalue weighted by atomic mass is 19.1. The second-order valence-corrected chi connectivity index (χ2v) is 9.84. The fourth-order valence-electron chi connectivity index (χ4n) is 4.55. The molecule has 4 N–H and O–H groups in total. The van der Waals surface area contributed by atoms with Gasteiger partial charge in [-0.2, -0.15) is 0 Å². The summed E-state index contributed by atoms with van der Waals surface area (Å²) >= 11 is 0. The lowest BCUT2D eigenvalue weighted by Crippen LogP contribution is -2.16. The van der Waals surface area contributed by atoms with Gasteiger partial charge in [-0.3, -0.25) is 0 Å². The maximum absolute atomic E-state index is 13.9. The number of hydrogen-bond acceptors (Lipinski definition) is 5. The van der Waals surface area contributed by atoms with E-state index in [1.807, 2.05) is 62.4 Å².